The second-order valence-electron chi connectivity index (χ2n) is 7.10. The van der Waals surface area contributed by atoms with Crippen molar-refractivity contribution in [1.29, 1.82) is 0 Å². The lowest BCUT2D eigenvalue weighted by Gasteiger charge is -2.33. The summed E-state index contributed by atoms with van der Waals surface area (Å²) in [6.07, 6.45) is 5.71. The van der Waals surface area contributed by atoms with Crippen LogP contribution in [0.15, 0.2) is 54.6 Å². The summed E-state index contributed by atoms with van der Waals surface area (Å²) in [6, 6.07) is 16.7. The molecule has 2 aliphatic rings. The van der Waals surface area contributed by atoms with Crippen LogP contribution in [-0.2, 0) is 17.8 Å². The molecule has 0 aromatic heterocycles. The lowest BCUT2D eigenvalue weighted by molar-refractivity contribution is -0.125. The average molecular weight is 367 g/mol. The van der Waals surface area contributed by atoms with Gasteiger partial charge in [-0.2, -0.15) is 0 Å². The van der Waals surface area contributed by atoms with Gasteiger partial charge in [-0.15, -0.1) is 0 Å². The molecule has 0 N–H and O–H groups in total. The third-order valence-electron chi connectivity index (χ3n) is 5.44. The van der Waals surface area contributed by atoms with Crippen molar-refractivity contribution < 1.29 is 4.79 Å². The molecule has 134 valence electrons. The minimum absolute atomic E-state index is 0.0971. The molecule has 1 fully saturated rings. The van der Waals surface area contributed by atoms with Crippen molar-refractivity contribution in [2.45, 2.75) is 25.4 Å². The molecule has 2 aliphatic heterocycles. The fraction of sp³-hybridized carbons (Fsp3) is 0.318. The van der Waals surface area contributed by atoms with Crippen LogP contribution in [0.2, 0.25) is 5.02 Å². The standard InChI is InChI=1S/C22H23ClN2O/c23-20-8-5-17(6-9-20)7-10-22(26)25-14-12-21(16-25)24-13-11-18-3-1-2-4-19(18)15-24/h1-10,21H,11-16H2/b10-7+. The van der Waals surface area contributed by atoms with Gasteiger partial charge >= 0.3 is 0 Å². The summed E-state index contributed by atoms with van der Waals surface area (Å²) in [5.41, 5.74) is 3.90. The van der Waals surface area contributed by atoms with Crippen LogP contribution in [0, 0.1) is 0 Å². The van der Waals surface area contributed by atoms with E-state index >= 15 is 0 Å². The molecule has 2 aromatic carbocycles. The van der Waals surface area contributed by atoms with Crippen molar-refractivity contribution in [2.75, 3.05) is 19.6 Å². The maximum atomic E-state index is 12.5. The highest BCUT2D eigenvalue weighted by atomic mass is 35.5. The maximum Gasteiger partial charge on any atom is 0.246 e. The van der Waals surface area contributed by atoms with E-state index in [4.69, 9.17) is 11.6 Å². The molecule has 1 unspecified atom stereocenters. The summed E-state index contributed by atoms with van der Waals surface area (Å²) in [4.78, 5) is 17.0. The second-order valence-corrected chi connectivity index (χ2v) is 7.54. The van der Waals surface area contributed by atoms with E-state index in [0.717, 1.165) is 44.6 Å². The minimum atomic E-state index is 0.0971. The molecule has 1 saturated heterocycles. The first-order chi connectivity index (χ1) is 12.7. The molecule has 4 heteroatoms. The van der Waals surface area contributed by atoms with E-state index in [1.54, 1.807) is 6.08 Å². The van der Waals surface area contributed by atoms with E-state index in [-0.39, 0.29) is 5.91 Å². The van der Waals surface area contributed by atoms with Gasteiger partial charge in [0.2, 0.25) is 5.91 Å². The van der Waals surface area contributed by atoms with Crippen molar-refractivity contribution in [1.82, 2.24) is 9.80 Å². The Hall–Kier alpha value is -2.10. The summed E-state index contributed by atoms with van der Waals surface area (Å²) < 4.78 is 0. The lowest BCUT2D eigenvalue weighted by atomic mass is 9.98. The number of carbonyl (C=O) groups is 1. The zero-order chi connectivity index (χ0) is 17.9. The molecule has 0 bridgehead atoms. The molecule has 0 spiro atoms. The monoisotopic (exact) mass is 366 g/mol. The highest BCUT2D eigenvalue weighted by Gasteiger charge is 2.31. The van der Waals surface area contributed by atoms with Crippen LogP contribution >= 0.6 is 11.6 Å². The van der Waals surface area contributed by atoms with Gasteiger partial charge in [0.25, 0.3) is 0 Å². The quantitative estimate of drug-likeness (QED) is 0.766. The Bertz CT molecular complexity index is 815. The summed E-state index contributed by atoms with van der Waals surface area (Å²) in [5, 5.41) is 0.707. The Morgan fingerprint density at radius 2 is 1.81 bits per heavy atom. The van der Waals surface area contributed by atoms with Crippen molar-refractivity contribution in [3.63, 3.8) is 0 Å². The van der Waals surface area contributed by atoms with Gasteiger partial charge in [-0.05, 0) is 47.7 Å². The third kappa shape index (κ3) is 3.84. The zero-order valence-corrected chi connectivity index (χ0v) is 15.5. The molecule has 0 aliphatic carbocycles. The number of nitrogens with zero attached hydrogens (tertiary/aromatic N) is 2. The first-order valence-corrected chi connectivity index (χ1v) is 9.60. The predicted octanol–water partition coefficient (Wildman–Crippen LogP) is 4.01. The number of hydrogen-bond donors (Lipinski definition) is 0. The van der Waals surface area contributed by atoms with Gasteiger partial charge in [0, 0.05) is 43.3 Å². The summed E-state index contributed by atoms with van der Waals surface area (Å²) in [5.74, 6) is 0.0971. The Morgan fingerprint density at radius 1 is 1.04 bits per heavy atom. The van der Waals surface area contributed by atoms with Crippen LogP contribution in [0.4, 0.5) is 0 Å². The fourth-order valence-corrected chi connectivity index (χ4v) is 4.04. The van der Waals surface area contributed by atoms with Crippen LogP contribution in [0.1, 0.15) is 23.1 Å². The van der Waals surface area contributed by atoms with Crippen LogP contribution in [-0.4, -0.2) is 41.4 Å². The van der Waals surface area contributed by atoms with Gasteiger partial charge in [0.1, 0.15) is 0 Å². The molecule has 1 atom stereocenters. The van der Waals surface area contributed by atoms with Crippen molar-refractivity contribution in [2.24, 2.45) is 0 Å². The molecule has 0 radical (unpaired) electrons. The van der Waals surface area contributed by atoms with Crippen LogP contribution in [0.3, 0.4) is 0 Å². The predicted molar refractivity (Wildman–Crippen MR) is 106 cm³/mol. The van der Waals surface area contributed by atoms with Gasteiger partial charge in [0.05, 0.1) is 0 Å². The Kier molecular flexibility index (Phi) is 5.09. The lowest BCUT2D eigenvalue weighted by Crippen LogP contribution is -2.41. The topological polar surface area (TPSA) is 23.6 Å². The normalized spacial score (nSPS) is 20.5. The van der Waals surface area contributed by atoms with Gasteiger partial charge < -0.3 is 4.90 Å². The first kappa shape index (κ1) is 17.3. The van der Waals surface area contributed by atoms with Gasteiger partial charge in [-0.3, -0.25) is 9.69 Å². The molecule has 0 saturated carbocycles. The van der Waals surface area contributed by atoms with E-state index < -0.39 is 0 Å². The number of carbonyl (C=O) groups excluding carboxylic acids is 1. The molecule has 2 aromatic rings. The zero-order valence-electron chi connectivity index (χ0n) is 14.8. The van der Waals surface area contributed by atoms with Crippen molar-refractivity contribution in [3.8, 4) is 0 Å². The summed E-state index contributed by atoms with van der Waals surface area (Å²) in [6.45, 7) is 3.76. The van der Waals surface area contributed by atoms with E-state index in [9.17, 15) is 4.79 Å². The average Bonchev–Trinajstić information content (AvgIpc) is 3.17. The van der Waals surface area contributed by atoms with E-state index in [1.807, 2.05) is 35.2 Å². The molecule has 1 amide bonds. The van der Waals surface area contributed by atoms with Gasteiger partial charge in [-0.1, -0.05) is 48.0 Å². The molecule has 4 rings (SSSR count). The Morgan fingerprint density at radius 3 is 2.62 bits per heavy atom. The fourth-order valence-electron chi connectivity index (χ4n) is 3.92. The van der Waals surface area contributed by atoms with Crippen LogP contribution in [0.25, 0.3) is 6.08 Å². The highest BCUT2D eigenvalue weighted by Crippen LogP contribution is 2.24. The number of halogens is 1. The summed E-state index contributed by atoms with van der Waals surface area (Å²) in [7, 11) is 0. The second kappa shape index (κ2) is 7.65. The molecule has 26 heavy (non-hydrogen) atoms. The number of fused-ring (bicyclic) bond motifs is 1. The van der Waals surface area contributed by atoms with E-state index in [0.29, 0.717) is 11.1 Å². The van der Waals surface area contributed by atoms with Gasteiger partial charge in [-0.25, -0.2) is 0 Å². The number of rotatable bonds is 3. The van der Waals surface area contributed by atoms with E-state index in [2.05, 4.69) is 29.2 Å². The van der Waals surface area contributed by atoms with Gasteiger partial charge in [0.15, 0.2) is 0 Å². The first-order valence-electron chi connectivity index (χ1n) is 9.22. The SMILES string of the molecule is O=C(/C=C/c1ccc(Cl)cc1)N1CCC(N2CCc3ccccc3C2)C1. The van der Waals surface area contributed by atoms with Crippen molar-refractivity contribution >= 4 is 23.6 Å². The summed E-state index contributed by atoms with van der Waals surface area (Å²) >= 11 is 5.90. The number of likely N-dealkylation sites (tertiary alicyclic amines) is 1. The molecular weight excluding hydrogens is 344 g/mol. The molecule has 2 heterocycles. The van der Waals surface area contributed by atoms with Crippen molar-refractivity contribution in [3.05, 3.63) is 76.3 Å². The number of benzene rings is 2. The highest BCUT2D eigenvalue weighted by molar-refractivity contribution is 6.30. The molecular formula is C22H23ClN2O. The Labute approximate surface area is 159 Å². The molecule has 3 nitrogen and oxygen atoms in total. The largest absolute Gasteiger partial charge is 0.338 e. The van der Waals surface area contributed by atoms with Crippen LogP contribution < -0.4 is 0 Å². The van der Waals surface area contributed by atoms with E-state index in [1.165, 1.54) is 11.1 Å². The Balaban J connectivity index is 1.35. The maximum absolute atomic E-state index is 12.5. The third-order valence-corrected chi connectivity index (χ3v) is 5.69. The van der Waals surface area contributed by atoms with Crippen LogP contribution in [0.5, 0.6) is 0 Å². The number of hydrogen-bond acceptors (Lipinski definition) is 2. The smallest absolute Gasteiger partial charge is 0.246 e. The number of amides is 1. The minimum Gasteiger partial charge on any atom is -0.338 e.